The largest absolute Gasteiger partial charge is 0.511 e. The van der Waals surface area contributed by atoms with Gasteiger partial charge in [0, 0.05) is 31.2 Å². The smallest absolute Gasteiger partial charge is 0.449 e. The van der Waals surface area contributed by atoms with Gasteiger partial charge in [0.15, 0.2) is 5.75 Å². The number of halogens is 3. The van der Waals surface area contributed by atoms with Crippen LogP contribution in [-0.4, -0.2) is 41.0 Å². The molecule has 7 nitrogen and oxygen atoms in total. The summed E-state index contributed by atoms with van der Waals surface area (Å²) in [7, 11) is 0. The van der Waals surface area contributed by atoms with E-state index in [1.54, 1.807) is 0 Å². The van der Waals surface area contributed by atoms with E-state index in [9.17, 15) is 18.4 Å². The second-order valence-electron chi connectivity index (χ2n) is 7.62. The molecule has 2 saturated heterocycles. The van der Waals surface area contributed by atoms with Crippen LogP contribution in [0.3, 0.4) is 0 Å². The summed E-state index contributed by atoms with van der Waals surface area (Å²) in [5.41, 5.74) is -0.612. The van der Waals surface area contributed by atoms with Crippen molar-refractivity contribution in [3.8, 4) is 11.4 Å². The minimum absolute atomic E-state index is 0.0919. The van der Waals surface area contributed by atoms with Crippen molar-refractivity contribution < 1.29 is 27.8 Å². The fourth-order valence-corrected chi connectivity index (χ4v) is 4.43. The second-order valence-corrected chi connectivity index (χ2v) is 7.62. The lowest BCUT2D eigenvalue weighted by Gasteiger charge is -2.30. The van der Waals surface area contributed by atoms with Gasteiger partial charge < -0.3 is 24.6 Å². The average molecular weight is 431 g/mol. The first-order chi connectivity index (χ1) is 14.8. The Hall–Kier alpha value is -3.53. The zero-order valence-electron chi connectivity index (χ0n) is 15.9. The van der Waals surface area contributed by atoms with Gasteiger partial charge in [0.25, 0.3) is 0 Å². The monoisotopic (exact) mass is 431 g/mol. The number of hydrogen-bond acceptors (Lipinski definition) is 5. The fourth-order valence-electron chi connectivity index (χ4n) is 4.43. The molecule has 2 aliphatic rings. The number of rotatable bonds is 3. The quantitative estimate of drug-likeness (QED) is 0.621. The molecule has 31 heavy (non-hydrogen) atoms. The zero-order chi connectivity index (χ0) is 21.9. The van der Waals surface area contributed by atoms with Gasteiger partial charge in [-0.3, -0.25) is 4.79 Å². The summed E-state index contributed by atoms with van der Waals surface area (Å²) in [5, 5.41) is 12.1. The molecule has 0 saturated carbocycles. The van der Waals surface area contributed by atoms with Gasteiger partial charge in [-0.1, -0.05) is 0 Å². The number of aromatic nitrogens is 1. The maximum atomic E-state index is 15.0. The van der Waals surface area contributed by atoms with Crippen LogP contribution in [0.4, 0.5) is 23.7 Å². The number of nitrogens with one attached hydrogen (secondary N) is 1. The van der Waals surface area contributed by atoms with Crippen molar-refractivity contribution in [1.82, 2.24) is 9.88 Å². The Morgan fingerprint density at radius 2 is 1.90 bits per heavy atom. The highest BCUT2D eigenvalue weighted by Crippen LogP contribution is 2.34. The topological polar surface area (TPSA) is 83.8 Å². The fraction of sp³-hybridized carbons (Fsp3) is 0.238. The third-order valence-corrected chi connectivity index (χ3v) is 5.77. The number of carboxylic acid groups (broad SMARTS) is 1. The van der Waals surface area contributed by atoms with E-state index in [0.717, 1.165) is 30.8 Å². The number of benzene rings is 2. The van der Waals surface area contributed by atoms with Crippen molar-refractivity contribution in [2.24, 2.45) is 0 Å². The van der Waals surface area contributed by atoms with Crippen molar-refractivity contribution >= 4 is 22.7 Å². The Bertz CT molecular complexity index is 1290. The Morgan fingerprint density at radius 1 is 1.13 bits per heavy atom. The lowest BCUT2D eigenvalue weighted by Crippen LogP contribution is -2.44. The highest BCUT2D eigenvalue weighted by Gasteiger charge is 2.38. The minimum atomic E-state index is -1.75. The molecule has 0 radical (unpaired) electrons. The molecule has 160 valence electrons. The van der Waals surface area contributed by atoms with Crippen molar-refractivity contribution in [2.45, 2.75) is 18.5 Å². The standard InChI is InChI=1S/C21H16F3N3O4/c22-10-1-2-16(14(23)3-10)27-9-19(31-21(29)30)20(28)13-5-15(24)18(6-17(13)27)26-8-11-4-12(26)7-25-11/h1-3,5-6,9,11-12,25H,4,7-8H2,(H,29,30). The average Bonchev–Trinajstić information content (AvgIpc) is 3.34. The molecule has 5 rings (SSSR count). The van der Waals surface area contributed by atoms with Gasteiger partial charge in [-0.2, -0.15) is 0 Å². The van der Waals surface area contributed by atoms with E-state index in [0.29, 0.717) is 19.2 Å². The third kappa shape index (κ3) is 3.19. The molecule has 0 amide bonds. The summed E-state index contributed by atoms with van der Waals surface area (Å²) in [6, 6.07) is 5.59. The number of nitrogens with zero attached hydrogens (tertiary/aromatic N) is 2. The van der Waals surface area contributed by atoms with E-state index in [2.05, 4.69) is 10.1 Å². The normalized spacial score (nSPS) is 19.9. The Kier molecular flexibility index (Phi) is 4.40. The SMILES string of the molecule is O=C(O)Oc1cn(-c2ccc(F)cc2F)c2cc(N3CC4CC3CN4)c(F)cc2c1=O. The molecular formula is C21H16F3N3O4. The van der Waals surface area contributed by atoms with Crippen molar-refractivity contribution in [3.05, 3.63) is 64.2 Å². The van der Waals surface area contributed by atoms with Crippen LogP contribution in [0.1, 0.15) is 6.42 Å². The summed E-state index contributed by atoms with van der Waals surface area (Å²) in [6.45, 7) is 1.29. The number of anilines is 1. The number of fused-ring (bicyclic) bond motifs is 3. The zero-order valence-corrected chi connectivity index (χ0v) is 15.9. The van der Waals surface area contributed by atoms with Crippen LogP contribution in [-0.2, 0) is 0 Å². The molecule has 3 heterocycles. The van der Waals surface area contributed by atoms with Gasteiger partial charge in [0.1, 0.15) is 17.5 Å². The molecule has 2 N–H and O–H groups in total. The number of piperazine rings is 1. The van der Waals surface area contributed by atoms with Crippen LogP contribution in [0.25, 0.3) is 16.6 Å². The van der Waals surface area contributed by atoms with Gasteiger partial charge >= 0.3 is 6.16 Å². The summed E-state index contributed by atoms with van der Waals surface area (Å²) < 4.78 is 48.8. The third-order valence-electron chi connectivity index (χ3n) is 5.77. The van der Waals surface area contributed by atoms with E-state index < -0.39 is 34.8 Å². The Labute approximate surface area is 173 Å². The van der Waals surface area contributed by atoms with Crippen molar-refractivity contribution in [3.63, 3.8) is 0 Å². The maximum absolute atomic E-state index is 15.0. The van der Waals surface area contributed by atoms with Gasteiger partial charge in [-0.05, 0) is 30.7 Å². The highest BCUT2D eigenvalue weighted by molar-refractivity contribution is 5.86. The molecule has 2 fully saturated rings. The Morgan fingerprint density at radius 3 is 2.55 bits per heavy atom. The first kappa shape index (κ1) is 19.4. The van der Waals surface area contributed by atoms with Gasteiger partial charge in [-0.25, -0.2) is 18.0 Å². The summed E-state index contributed by atoms with van der Waals surface area (Å²) >= 11 is 0. The van der Waals surface area contributed by atoms with Crippen molar-refractivity contribution in [2.75, 3.05) is 18.0 Å². The number of carbonyl (C=O) groups is 1. The van der Waals surface area contributed by atoms with Crippen LogP contribution in [0.2, 0.25) is 0 Å². The predicted molar refractivity (Wildman–Crippen MR) is 106 cm³/mol. The lowest BCUT2D eigenvalue weighted by molar-refractivity contribution is 0.144. The maximum Gasteiger partial charge on any atom is 0.511 e. The second kappa shape index (κ2) is 7.02. The summed E-state index contributed by atoms with van der Waals surface area (Å²) in [4.78, 5) is 25.7. The molecule has 2 aliphatic heterocycles. The Balaban J connectivity index is 1.77. The van der Waals surface area contributed by atoms with Crippen LogP contribution in [0.15, 0.2) is 41.3 Å². The summed E-state index contributed by atoms with van der Waals surface area (Å²) in [5.74, 6) is -3.03. The van der Waals surface area contributed by atoms with E-state index in [1.165, 1.54) is 10.6 Å². The van der Waals surface area contributed by atoms with E-state index >= 15 is 4.39 Å². The molecular weight excluding hydrogens is 415 g/mol. The number of ether oxygens (including phenoxy) is 1. The minimum Gasteiger partial charge on any atom is -0.449 e. The van der Waals surface area contributed by atoms with Gasteiger partial charge in [0.05, 0.1) is 28.5 Å². The first-order valence-corrected chi connectivity index (χ1v) is 9.57. The van der Waals surface area contributed by atoms with E-state index in [-0.39, 0.29) is 34.4 Å². The first-order valence-electron chi connectivity index (χ1n) is 9.57. The molecule has 2 atom stereocenters. The number of hydrogen-bond donors (Lipinski definition) is 2. The number of pyridine rings is 1. The van der Waals surface area contributed by atoms with Gasteiger partial charge in [-0.15, -0.1) is 0 Å². The van der Waals surface area contributed by atoms with Crippen LogP contribution in [0.5, 0.6) is 5.75 Å². The van der Waals surface area contributed by atoms with E-state index in [1.807, 2.05) is 4.90 Å². The highest BCUT2D eigenvalue weighted by atomic mass is 19.1. The molecule has 0 spiro atoms. The molecule has 1 aromatic heterocycles. The van der Waals surface area contributed by atoms with Crippen LogP contribution >= 0.6 is 0 Å². The molecule has 2 unspecified atom stereocenters. The predicted octanol–water partition coefficient (Wildman–Crippen LogP) is 3.02. The molecule has 3 aromatic rings. The van der Waals surface area contributed by atoms with Gasteiger partial charge in [0.2, 0.25) is 5.43 Å². The molecule has 10 heteroatoms. The lowest BCUT2D eigenvalue weighted by atomic mass is 10.1. The molecule has 0 aliphatic carbocycles. The van der Waals surface area contributed by atoms with E-state index in [4.69, 9.17) is 5.11 Å². The van der Waals surface area contributed by atoms with Crippen molar-refractivity contribution in [1.29, 1.82) is 0 Å². The summed E-state index contributed by atoms with van der Waals surface area (Å²) in [6.07, 6.45) is 0.122. The molecule has 2 aromatic carbocycles. The van der Waals surface area contributed by atoms with Crippen LogP contribution in [0, 0.1) is 17.5 Å². The van der Waals surface area contributed by atoms with Crippen LogP contribution < -0.4 is 20.4 Å². The molecule has 2 bridgehead atoms.